The number of hydrogen-bond acceptors (Lipinski definition) is 4. The van der Waals surface area contributed by atoms with E-state index < -0.39 is 0 Å². The lowest BCUT2D eigenvalue weighted by atomic mass is 10.0. The van der Waals surface area contributed by atoms with Crippen LogP contribution in [0, 0.1) is 0 Å². The molecule has 1 N–H and O–H groups in total. The van der Waals surface area contributed by atoms with Crippen molar-refractivity contribution in [1.29, 1.82) is 0 Å². The normalized spacial score (nSPS) is 27.3. The minimum atomic E-state index is -0.179. The molecule has 0 bridgehead atoms. The molecule has 1 amide bonds. The number of hydrogen-bond donors (Lipinski definition) is 1. The van der Waals surface area contributed by atoms with Crippen molar-refractivity contribution in [3.05, 3.63) is 0 Å². The molecular formula is C15H25N3O2S. The summed E-state index contributed by atoms with van der Waals surface area (Å²) in [6, 6.07) is 0.349. The lowest BCUT2D eigenvalue weighted by molar-refractivity contribution is 0.0975. The minimum absolute atomic E-state index is 0.179. The van der Waals surface area contributed by atoms with E-state index in [1.165, 1.54) is 31.4 Å². The van der Waals surface area contributed by atoms with E-state index >= 15 is 0 Å². The molecule has 1 aliphatic carbocycles. The minimum Gasteiger partial charge on any atom is -0.450 e. The Kier molecular flexibility index (Phi) is 4.62. The smallest absolute Gasteiger partial charge is 0.409 e. The number of aliphatic imine (C=N–C) groups is 1. The Bertz CT molecular complexity index is 413. The number of thioether (sulfide) groups is 1. The van der Waals surface area contributed by atoms with Crippen molar-refractivity contribution in [3.8, 4) is 0 Å². The Morgan fingerprint density at radius 3 is 2.81 bits per heavy atom. The summed E-state index contributed by atoms with van der Waals surface area (Å²) in [7, 11) is 0. The van der Waals surface area contributed by atoms with E-state index in [1.807, 2.05) is 18.7 Å². The van der Waals surface area contributed by atoms with Crippen LogP contribution in [0.4, 0.5) is 4.79 Å². The third kappa shape index (κ3) is 3.47. The lowest BCUT2D eigenvalue weighted by Gasteiger charge is -2.29. The number of ether oxygens (including phenoxy) is 1. The van der Waals surface area contributed by atoms with E-state index in [0.29, 0.717) is 18.2 Å². The fourth-order valence-corrected chi connectivity index (χ4v) is 4.74. The zero-order valence-corrected chi connectivity index (χ0v) is 13.6. The van der Waals surface area contributed by atoms with Gasteiger partial charge in [0.1, 0.15) is 0 Å². The average Bonchev–Trinajstić information content (AvgIpc) is 3.11. The van der Waals surface area contributed by atoms with Crippen molar-refractivity contribution in [2.75, 3.05) is 25.4 Å². The first-order chi connectivity index (χ1) is 10.2. The molecule has 118 valence electrons. The number of carbonyl (C=O) groups excluding carboxylic acids is 1. The van der Waals surface area contributed by atoms with Gasteiger partial charge in [0.15, 0.2) is 5.17 Å². The van der Waals surface area contributed by atoms with E-state index in [4.69, 9.17) is 9.73 Å². The molecule has 0 radical (unpaired) electrons. The maximum atomic E-state index is 11.7. The van der Waals surface area contributed by atoms with E-state index in [0.717, 1.165) is 31.1 Å². The number of amidine groups is 1. The average molecular weight is 311 g/mol. The molecule has 5 nitrogen and oxygen atoms in total. The van der Waals surface area contributed by atoms with Gasteiger partial charge in [-0.3, -0.25) is 4.99 Å². The Hall–Kier alpha value is -0.910. The summed E-state index contributed by atoms with van der Waals surface area (Å²) in [5, 5.41) is 4.81. The van der Waals surface area contributed by atoms with Crippen LogP contribution in [0.3, 0.4) is 0 Å². The topological polar surface area (TPSA) is 53.9 Å². The highest BCUT2D eigenvalue weighted by molar-refractivity contribution is 8.14. The molecule has 1 saturated carbocycles. The summed E-state index contributed by atoms with van der Waals surface area (Å²) in [5.41, 5.74) is 0.342. The summed E-state index contributed by atoms with van der Waals surface area (Å²) >= 11 is 1.88. The predicted molar refractivity (Wildman–Crippen MR) is 85.8 cm³/mol. The fraction of sp³-hybridized carbons (Fsp3) is 0.867. The van der Waals surface area contributed by atoms with Crippen LogP contribution < -0.4 is 5.32 Å². The molecular weight excluding hydrogens is 286 g/mol. The van der Waals surface area contributed by atoms with Crippen molar-refractivity contribution in [3.63, 3.8) is 0 Å². The van der Waals surface area contributed by atoms with E-state index in [1.54, 1.807) is 4.90 Å². The second kappa shape index (κ2) is 6.46. The summed E-state index contributed by atoms with van der Waals surface area (Å²) < 4.78 is 5.05. The first-order valence-electron chi connectivity index (χ1n) is 8.11. The van der Waals surface area contributed by atoms with Crippen LogP contribution in [0.15, 0.2) is 4.99 Å². The van der Waals surface area contributed by atoms with Gasteiger partial charge in [-0.2, -0.15) is 0 Å². The fourth-order valence-electron chi connectivity index (χ4n) is 3.45. The second-order valence-corrected chi connectivity index (χ2v) is 7.22. The molecule has 2 saturated heterocycles. The molecule has 21 heavy (non-hydrogen) atoms. The molecule has 2 aliphatic heterocycles. The third-order valence-electron chi connectivity index (χ3n) is 4.71. The first-order valence-corrected chi connectivity index (χ1v) is 9.10. The van der Waals surface area contributed by atoms with Crippen LogP contribution in [-0.2, 0) is 4.74 Å². The molecule has 1 spiro atoms. The SMILES string of the molecule is CCOC(=O)N1CCC(N=C2NC3(CCCC3)CS2)CC1. The van der Waals surface area contributed by atoms with Crippen molar-refractivity contribution in [2.45, 2.75) is 57.0 Å². The highest BCUT2D eigenvalue weighted by Crippen LogP contribution is 2.37. The summed E-state index contributed by atoms with van der Waals surface area (Å²) in [4.78, 5) is 18.4. The van der Waals surface area contributed by atoms with Gasteiger partial charge in [-0.15, -0.1) is 0 Å². The summed E-state index contributed by atoms with van der Waals surface area (Å²) in [5.74, 6) is 1.17. The van der Waals surface area contributed by atoms with E-state index in [2.05, 4.69) is 5.32 Å². The third-order valence-corrected chi connectivity index (χ3v) is 5.89. The number of likely N-dealkylation sites (tertiary alicyclic amines) is 1. The van der Waals surface area contributed by atoms with Gasteiger partial charge in [-0.25, -0.2) is 4.79 Å². The number of rotatable bonds is 2. The monoisotopic (exact) mass is 311 g/mol. The van der Waals surface area contributed by atoms with Crippen molar-refractivity contribution >= 4 is 23.0 Å². The van der Waals surface area contributed by atoms with Gasteiger partial charge in [0.2, 0.25) is 0 Å². The van der Waals surface area contributed by atoms with Crippen LogP contribution in [0.2, 0.25) is 0 Å². The van der Waals surface area contributed by atoms with Crippen LogP contribution in [0.5, 0.6) is 0 Å². The Labute approximate surface area is 130 Å². The molecule has 3 aliphatic rings. The largest absolute Gasteiger partial charge is 0.450 e. The zero-order chi connectivity index (χ0) is 14.7. The quantitative estimate of drug-likeness (QED) is 0.852. The standard InChI is InChI=1S/C15H25N3O2S/c1-2-20-14(19)18-9-5-12(6-10-18)16-13-17-15(11-21-13)7-3-4-8-15/h12H,2-11H2,1H3,(H,16,17). The van der Waals surface area contributed by atoms with Gasteiger partial charge in [0, 0.05) is 24.4 Å². The van der Waals surface area contributed by atoms with Gasteiger partial charge in [-0.1, -0.05) is 24.6 Å². The van der Waals surface area contributed by atoms with Gasteiger partial charge < -0.3 is 15.0 Å². The Morgan fingerprint density at radius 1 is 1.43 bits per heavy atom. The van der Waals surface area contributed by atoms with Crippen molar-refractivity contribution in [1.82, 2.24) is 10.2 Å². The molecule has 0 aromatic carbocycles. The second-order valence-electron chi connectivity index (χ2n) is 6.25. The van der Waals surface area contributed by atoms with Gasteiger partial charge in [0.05, 0.1) is 12.6 Å². The maximum absolute atomic E-state index is 11.7. The number of nitrogens with one attached hydrogen (secondary N) is 1. The molecule has 2 heterocycles. The molecule has 0 aromatic heterocycles. The number of piperidine rings is 1. The molecule has 6 heteroatoms. The Balaban J connectivity index is 1.49. The highest BCUT2D eigenvalue weighted by atomic mass is 32.2. The van der Waals surface area contributed by atoms with Gasteiger partial charge in [-0.05, 0) is 32.6 Å². The van der Waals surface area contributed by atoms with Crippen molar-refractivity contribution < 1.29 is 9.53 Å². The van der Waals surface area contributed by atoms with E-state index in [-0.39, 0.29) is 6.09 Å². The van der Waals surface area contributed by atoms with Crippen LogP contribution in [-0.4, -0.2) is 53.2 Å². The highest BCUT2D eigenvalue weighted by Gasteiger charge is 2.39. The number of carbonyl (C=O) groups is 1. The Morgan fingerprint density at radius 2 is 2.14 bits per heavy atom. The molecule has 3 rings (SSSR count). The molecule has 0 unspecified atom stereocenters. The zero-order valence-electron chi connectivity index (χ0n) is 12.8. The van der Waals surface area contributed by atoms with Gasteiger partial charge >= 0.3 is 6.09 Å². The van der Waals surface area contributed by atoms with Crippen LogP contribution in [0.25, 0.3) is 0 Å². The summed E-state index contributed by atoms with van der Waals surface area (Å²) in [6.45, 7) is 3.81. The van der Waals surface area contributed by atoms with Gasteiger partial charge in [0.25, 0.3) is 0 Å². The first kappa shape index (κ1) is 15.0. The maximum Gasteiger partial charge on any atom is 0.409 e. The van der Waals surface area contributed by atoms with Crippen LogP contribution >= 0.6 is 11.8 Å². The molecule has 0 atom stereocenters. The summed E-state index contributed by atoms with van der Waals surface area (Å²) in [6.07, 6.45) is 6.98. The van der Waals surface area contributed by atoms with Crippen molar-refractivity contribution in [2.24, 2.45) is 4.99 Å². The predicted octanol–water partition coefficient (Wildman–Crippen LogP) is 2.61. The molecule has 0 aromatic rings. The van der Waals surface area contributed by atoms with E-state index in [9.17, 15) is 4.79 Å². The van der Waals surface area contributed by atoms with Crippen LogP contribution in [0.1, 0.15) is 45.4 Å². The number of nitrogens with zero attached hydrogens (tertiary/aromatic N) is 2. The number of amides is 1. The molecule has 3 fully saturated rings. The lowest BCUT2D eigenvalue weighted by Crippen LogP contribution is -2.42.